The zero-order chi connectivity index (χ0) is 28.0. The molecule has 206 valence electrons. The first-order valence-electron chi connectivity index (χ1n) is 13.1. The molecule has 2 aromatic rings. The van der Waals surface area contributed by atoms with Crippen LogP contribution in [-0.2, 0) is 15.8 Å². The molecule has 0 amide bonds. The van der Waals surface area contributed by atoms with E-state index in [0.29, 0.717) is 12.3 Å². The van der Waals surface area contributed by atoms with Gasteiger partial charge < -0.3 is 18.6 Å². The van der Waals surface area contributed by atoms with Crippen molar-refractivity contribution in [3.8, 4) is 5.88 Å². The summed E-state index contributed by atoms with van der Waals surface area (Å²) in [6.07, 6.45) is 3.48. The predicted molar refractivity (Wildman–Crippen MR) is 149 cm³/mol. The quantitative estimate of drug-likeness (QED) is 0.351. The number of hydrogen-bond donors (Lipinski definition) is 0. The normalized spacial score (nSPS) is 25.6. The van der Waals surface area contributed by atoms with Crippen LogP contribution in [-0.4, -0.2) is 75.2 Å². The van der Waals surface area contributed by atoms with E-state index >= 15 is 0 Å². The smallest absolute Gasteiger partial charge is 0.265 e. The summed E-state index contributed by atoms with van der Waals surface area (Å²) in [6.45, 7) is 11.6. The molecule has 0 unspecified atom stereocenters. The van der Waals surface area contributed by atoms with Crippen LogP contribution in [0.25, 0.3) is 0 Å². The molecule has 0 saturated carbocycles. The van der Waals surface area contributed by atoms with Gasteiger partial charge in [0.25, 0.3) is 5.88 Å². The summed E-state index contributed by atoms with van der Waals surface area (Å²) in [6, 6.07) is 9.13. The average Bonchev–Trinajstić information content (AvgIpc) is 3.22. The molecule has 4 rings (SSSR count). The van der Waals surface area contributed by atoms with Gasteiger partial charge in [0.05, 0.1) is 0 Å². The lowest BCUT2D eigenvalue weighted by molar-refractivity contribution is -0.140. The van der Waals surface area contributed by atoms with Gasteiger partial charge in [-0.15, -0.1) is 0 Å². The van der Waals surface area contributed by atoms with Crippen LogP contribution in [0.5, 0.6) is 5.88 Å². The fourth-order valence-corrected chi connectivity index (χ4v) is 7.05. The Labute approximate surface area is 227 Å². The molecule has 0 fully saturated rings. The van der Waals surface area contributed by atoms with E-state index in [1.54, 1.807) is 6.08 Å². The van der Waals surface area contributed by atoms with Crippen LogP contribution < -0.4 is 4.74 Å². The van der Waals surface area contributed by atoms with Crippen molar-refractivity contribution in [3.05, 3.63) is 59.4 Å². The minimum Gasteiger partial charge on any atom is -0.470 e. The monoisotopic (exact) mass is 539 g/mol. The highest BCUT2D eigenvalue weighted by molar-refractivity contribution is 6.74. The summed E-state index contributed by atoms with van der Waals surface area (Å²) in [5.74, 6) is -1.36. The number of Topliss-reactive ketones (excluding diaryl/α,β-unsaturated/α-hetero) is 1. The molecule has 8 nitrogen and oxygen atoms in total. The van der Waals surface area contributed by atoms with Crippen molar-refractivity contribution in [2.24, 2.45) is 11.8 Å². The zero-order valence-corrected chi connectivity index (χ0v) is 25.1. The van der Waals surface area contributed by atoms with Crippen molar-refractivity contribution in [1.29, 1.82) is 0 Å². The van der Waals surface area contributed by atoms with E-state index < -0.39 is 25.9 Å². The molecule has 38 heavy (non-hydrogen) atoms. The van der Waals surface area contributed by atoms with Crippen molar-refractivity contribution < 1.29 is 23.3 Å². The molecule has 1 aromatic carbocycles. The highest BCUT2D eigenvalue weighted by Gasteiger charge is 2.67. The molecule has 0 bridgehead atoms. The Bertz CT molecular complexity index is 1210. The molecule has 0 N–H and O–H groups in total. The largest absolute Gasteiger partial charge is 0.470 e. The van der Waals surface area contributed by atoms with Gasteiger partial charge in [-0.2, -0.15) is 0 Å². The summed E-state index contributed by atoms with van der Waals surface area (Å²) in [7, 11) is 5.34. The summed E-state index contributed by atoms with van der Waals surface area (Å²) >= 11 is 0. The van der Waals surface area contributed by atoms with Crippen LogP contribution in [0.4, 0.5) is 0 Å². The minimum atomic E-state index is -2.50. The summed E-state index contributed by atoms with van der Waals surface area (Å²) in [5.41, 5.74) is 0.0180. The van der Waals surface area contributed by atoms with Crippen LogP contribution >= 0.6 is 0 Å². The van der Waals surface area contributed by atoms with Gasteiger partial charge in [-0.3, -0.25) is 14.5 Å². The lowest BCUT2D eigenvalue weighted by Gasteiger charge is -2.57. The lowest BCUT2D eigenvalue weighted by atomic mass is 9.60. The van der Waals surface area contributed by atoms with Crippen molar-refractivity contribution in [1.82, 2.24) is 15.0 Å². The molecule has 2 aliphatic rings. The van der Waals surface area contributed by atoms with Gasteiger partial charge in [0, 0.05) is 12.5 Å². The standard InChI is InChI=1S/C29H41N3O5Si/c1-28(2,3)38(8,9)37-29-20(17-31(4)5)15-16-21(33)23(29)24(34)22-25(26(29)32(6)7)36-30-27(22)35-18-19-13-11-10-12-14-19/h10-16,20,23,26H,17-18H2,1-9H3/t20-,23+,26+,29+/m1/s1. The molecule has 0 saturated heterocycles. The average molecular weight is 540 g/mol. The van der Waals surface area contributed by atoms with Crippen LogP contribution in [0.1, 0.15) is 48.5 Å². The number of fused-ring (bicyclic) bond motifs is 2. The van der Waals surface area contributed by atoms with Crippen molar-refractivity contribution >= 4 is 19.9 Å². The number of ether oxygens (including phenoxy) is 1. The Hall–Kier alpha value is -2.59. The third-order valence-corrected chi connectivity index (χ3v) is 12.7. The number of ketones is 2. The number of carbonyl (C=O) groups is 2. The summed E-state index contributed by atoms with van der Waals surface area (Å²) < 4.78 is 19.2. The van der Waals surface area contributed by atoms with Crippen LogP contribution in [0, 0.1) is 11.8 Å². The van der Waals surface area contributed by atoms with Gasteiger partial charge in [-0.1, -0.05) is 57.2 Å². The SMILES string of the molecule is CN(C)C[C@H]1C=CC(=O)[C@H]2C(=O)c3c(OCc4ccccc4)noc3[C@H](N(C)C)[C@@]21O[Si](C)(C)C(C)(C)C. The fraction of sp³-hybridized carbons (Fsp3) is 0.552. The van der Waals surface area contributed by atoms with Crippen LogP contribution in [0.2, 0.25) is 18.1 Å². The second kappa shape index (κ2) is 10.2. The molecule has 4 atom stereocenters. The van der Waals surface area contributed by atoms with Crippen molar-refractivity contribution in [3.63, 3.8) is 0 Å². The summed E-state index contributed by atoms with van der Waals surface area (Å²) in [4.78, 5) is 32.1. The number of benzene rings is 1. The maximum atomic E-state index is 14.4. The number of aromatic nitrogens is 1. The molecule has 1 heterocycles. The molecular weight excluding hydrogens is 498 g/mol. The van der Waals surface area contributed by atoms with E-state index in [1.165, 1.54) is 0 Å². The number of hydrogen-bond acceptors (Lipinski definition) is 8. The van der Waals surface area contributed by atoms with Crippen LogP contribution in [0.15, 0.2) is 47.0 Å². The third-order valence-electron chi connectivity index (χ3n) is 8.21. The highest BCUT2D eigenvalue weighted by Crippen LogP contribution is 2.57. The molecule has 0 aliphatic heterocycles. The number of carbonyl (C=O) groups excluding carboxylic acids is 2. The molecular formula is C29H41N3O5Si. The lowest BCUT2D eigenvalue weighted by Crippen LogP contribution is -2.68. The van der Waals surface area contributed by atoms with E-state index in [9.17, 15) is 9.59 Å². The first kappa shape index (κ1) is 28.4. The van der Waals surface area contributed by atoms with Gasteiger partial charge in [-0.25, -0.2) is 0 Å². The van der Waals surface area contributed by atoms with Crippen LogP contribution in [0.3, 0.4) is 0 Å². The van der Waals surface area contributed by atoms with Crippen molar-refractivity contribution in [2.75, 3.05) is 34.7 Å². The molecule has 2 aliphatic carbocycles. The Kier molecular flexibility index (Phi) is 7.61. The Morgan fingerprint density at radius 2 is 1.74 bits per heavy atom. The minimum absolute atomic E-state index is 0.119. The maximum Gasteiger partial charge on any atom is 0.265 e. The second-order valence-electron chi connectivity index (χ2n) is 12.5. The highest BCUT2D eigenvalue weighted by atomic mass is 28.4. The number of likely N-dealkylation sites (N-methyl/N-ethyl adjacent to an activating group) is 1. The second-order valence-corrected chi connectivity index (χ2v) is 17.2. The zero-order valence-electron chi connectivity index (χ0n) is 24.1. The van der Waals surface area contributed by atoms with E-state index in [0.717, 1.165) is 5.56 Å². The Balaban J connectivity index is 1.91. The van der Waals surface area contributed by atoms with E-state index in [1.807, 2.05) is 69.5 Å². The van der Waals surface area contributed by atoms with Gasteiger partial charge in [0.2, 0.25) is 0 Å². The molecule has 9 heteroatoms. The predicted octanol–water partition coefficient (Wildman–Crippen LogP) is 4.75. The summed E-state index contributed by atoms with van der Waals surface area (Å²) in [5, 5.41) is 4.06. The first-order valence-corrected chi connectivity index (χ1v) is 16.1. The van der Waals surface area contributed by atoms with E-state index in [-0.39, 0.29) is 40.6 Å². The van der Waals surface area contributed by atoms with E-state index in [2.05, 4.69) is 43.9 Å². The number of rotatable bonds is 8. The maximum absolute atomic E-state index is 14.4. The van der Waals surface area contributed by atoms with Gasteiger partial charge in [0.1, 0.15) is 29.7 Å². The number of nitrogens with zero attached hydrogens (tertiary/aromatic N) is 3. The first-order chi connectivity index (χ1) is 17.7. The topological polar surface area (TPSA) is 85.1 Å². The third kappa shape index (κ3) is 4.81. The van der Waals surface area contributed by atoms with E-state index in [4.69, 9.17) is 13.7 Å². The molecule has 0 spiro atoms. The van der Waals surface area contributed by atoms with Gasteiger partial charge in [0.15, 0.2) is 25.6 Å². The molecule has 0 radical (unpaired) electrons. The molecule has 1 aromatic heterocycles. The Morgan fingerprint density at radius 1 is 1.08 bits per heavy atom. The van der Waals surface area contributed by atoms with Gasteiger partial charge in [-0.05, 0) is 63.1 Å². The van der Waals surface area contributed by atoms with Gasteiger partial charge >= 0.3 is 0 Å². The fourth-order valence-electron chi connectivity index (χ4n) is 5.48. The Morgan fingerprint density at radius 3 is 2.32 bits per heavy atom. The van der Waals surface area contributed by atoms with Crippen molar-refractivity contribution in [2.45, 2.75) is 57.2 Å². The number of allylic oxidation sites excluding steroid dienone is 1.